The highest BCUT2D eigenvalue weighted by Crippen LogP contribution is 2.32. The Morgan fingerprint density at radius 3 is 2.71 bits per heavy atom. The van der Waals surface area contributed by atoms with Gasteiger partial charge in [-0.1, -0.05) is 56.1 Å². The second kappa shape index (κ2) is 10.6. The van der Waals surface area contributed by atoms with Crippen LogP contribution in [0.3, 0.4) is 0 Å². The molecule has 0 amide bonds. The zero-order valence-electron chi connectivity index (χ0n) is 19.0. The van der Waals surface area contributed by atoms with Gasteiger partial charge in [0.1, 0.15) is 10.5 Å². The van der Waals surface area contributed by atoms with Crippen LogP contribution in [0.15, 0.2) is 56.7 Å². The van der Waals surface area contributed by atoms with Gasteiger partial charge in [0.25, 0.3) is 5.56 Å². The van der Waals surface area contributed by atoms with Crippen molar-refractivity contribution in [2.24, 2.45) is 5.92 Å². The van der Waals surface area contributed by atoms with Gasteiger partial charge in [-0.3, -0.25) is 9.36 Å². The Morgan fingerprint density at radius 1 is 1.09 bits per heavy atom. The van der Waals surface area contributed by atoms with E-state index in [-0.39, 0.29) is 5.56 Å². The van der Waals surface area contributed by atoms with Crippen LogP contribution in [-0.2, 0) is 6.54 Å². The van der Waals surface area contributed by atoms with Crippen molar-refractivity contribution in [1.29, 1.82) is 0 Å². The standard InChI is InChI=1S/C23H26N8OS2/c1-2-13-33-22-25-20-19(24-14-18(32)30(20)15-16-9-5-3-6-10-16)21(26-22)34-23-27-28-29-31(23)17-11-7-4-8-12-17/h4,7-8,11-12,14,16H,2-3,5-6,9-10,13,15H2,1H3. The average molecular weight is 495 g/mol. The molecule has 1 saturated carbocycles. The van der Waals surface area contributed by atoms with Gasteiger partial charge in [-0.25, -0.2) is 15.0 Å². The predicted molar refractivity (Wildman–Crippen MR) is 132 cm³/mol. The molecule has 1 aromatic carbocycles. The Morgan fingerprint density at radius 2 is 1.91 bits per heavy atom. The zero-order valence-corrected chi connectivity index (χ0v) is 20.6. The molecular formula is C23H26N8OS2. The van der Waals surface area contributed by atoms with Gasteiger partial charge >= 0.3 is 0 Å². The molecular weight excluding hydrogens is 468 g/mol. The van der Waals surface area contributed by atoms with Gasteiger partial charge in [0.15, 0.2) is 10.8 Å². The molecule has 34 heavy (non-hydrogen) atoms. The van der Waals surface area contributed by atoms with Crippen LogP contribution in [0, 0.1) is 5.92 Å². The minimum atomic E-state index is -0.117. The van der Waals surface area contributed by atoms with E-state index in [9.17, 15) is 4.79 Å². The van der Waals surface area contributed by atoms with Crippen molar-refractivity contribution in [3.63, 3.8) is 0 Å². The largest absolute Gasteiger partial charge is 0.290 e. The number of tetrazole rings is 1. The lowest BCUT2D eigenvalue weighted by Gasteiger charge is -2.23. The molecule has 0 atom stereocenters. The number of para-hydroxylation sites is 1. The van der Waals surface area contributed by atoms with Gasteiger partial charge in [0.05, 0.1) is 11.9 Å². The molecule has 0 bridgehead atoms. The highest BCUT2D eigenvalue weighted by molar-refractivity contribution is 7.99. The molecule has 0 saturated heterocycles. The van der Waals surface area contributed by atoms with Gasteiger partial charge in [0.2, 0.25) is 5.16 Å². The van der Waals surface area contributed by atoms with Crippen LogP contribution in [0.25, 0.3) is 16.9 Å². The first kappa shape index (κ1) is 23.0. The molecule has 0 radical (unpaired) electrons. The maximum absolute atomic E-state index is 12.9. The summed E-state index contributed by atoms with van der Waals surface area (Å²) in [5.74, 6) is 1.38. The monoisotopic (exact) mass is 494 g/mol. The highest BCUT2D eigenvalue weighted by Gasteiger charge is 2.21. The molecule has 5 rings (SSSR count). The second-order valence-corrected chi connectivity index (χ2v) is 10.4. The molecule has 0 aliphatic heterocycles. The number of rotatable bonds is 8. The van der Waals surface area contributed by atoms with Crippen LogP contribution in [0.4, 0.5) is 0 Å². The van der Waals surface area contributed by atoms with Crippen molar-refractivity contribution in [2.75, 3.05) is 5.75 Å². The summed E-state index contributed by atoms with van der Waals surface area (Å²) >= 11 is 2.92. The molecule has 3 aromatic heterocycles. The molecule has 9 nitrogen and oxygen atoms in total. The first-order valence-electron chi connectivity index (χ1n) is 11.6. The first-order valence-corrected chi connectivity index (χ1v) is 13.4. The molecule has 176 valence electrons. The second-order valence-electron chi connectivity index (χ2n) is 8.35. The Labute approximate surface area is 205 Å². The number of hydrogen-bond donors (Lipinski definition) is 0. The quantitative estimate of drug-likeness (QED) is 0.200. The van der Waals surface area contributed by atoms with Gasteiger partial charge in [-0.05, 0) is 59.5 Å². The van der Waals surface area contributed by atoms with Crippen LogP contribution >= 0.6 is 23.5 Å². The summed E-state index contributed by atoms with van der Waals surface area (Å²) in [6.07, 6.45) is 8.40. The minimum Gasteiger partial charge on any atom is -0.290 e. The van der Waals surface area contributed by atoms with E-state index in [2.05, 4.69) is 27.4 Å². The number of fused-ring (bicyclic) bond motifs is 1. The van der Waals surface area contributed by atoms with E-state index in [0.717, 1.165) is 30.7 Å². The van der Waals surface area contributed by atoms with E-state index < -0.39 is 0 Å². The molecule has 0 unspecified atom stereocenters. The lowest BCUT2D eigenvalue weighted by molar-refractivity contribution is 0.318. The zero-order chi connectivity index (χ0) is 23.3. The van der Waals surface area contributed by atoms with Crippen LogP contribution in [0.1, 0.15) is 45.4 Å². The Kier molecular flexibility index (Phi) is 7.19. The fourth-order valence-corrected chi connectivity index (χ4v) is 5.80. The summed E-state index contributed by atoms with van der Waals surface area (Å²) in [6.45, 7) is 2.79. The lowest BCUT2D eigenvalue weighted by atomic mass is 9.89. The fraction of sp³-hybridized carbons (Fsp3) is 0.435. The minimum absolute atomic E-state index is 0.117. The molecule has 0 spiro atoms. The van der Waals surface area contributed by atoms with Gasteiger partial charge < -0.3 is 0 Å². The Hall–Kier alpha value is -2.79. The topological polar surface area (TPSA) is 104 Å². The third kappa shape index (κ3) is 5.00. The van der Waals surface area contributed by atoms with Crippen molar-refractivity contribution in [3.05, 3.63) is 46.9 Å². The number of hydrogen-bond acceptors (Lipinski definition) is 9. The van der Waals surface area contributed by atoms with E-state index in [1.807, 2.05) is 30.3 Å². The summed E-state index contributed by atoms with van der Waals surface area (Å²) in [6, 6.07) is 9.72. The summed E-state index contributed by atoms with van der Waals surface area (Å²) < 4.78 is 3.47. The number of aromatic nitrogens is 8. The Balaban J connectivity index is 1.58. The number of thioether (sulfide) groups is 1. The van der Waals surface area contributed by atoms with Gasteiger partial charge in [-0.2, -0.15) is 4.68 Å². The van der Waals surface area contributed by atoms with Crippen LogP contribution in [0.2, 0.25) is 0 Å². The fourth-order valence-electron chi connectivity index (χ4n) is 4.19. The number of nitrogens with zero attached hydrogens (tertiary/aromatic N) is 8. The lowest BCUT2D eigenvalue weighted by Crippen LogP contribution is -2.26. The van der Waals surface area contributed by atoms with Crippen molar-refractivity contribution >= 4 is 34.7 Å². The first-order chi connectivity index (χ1) is 16.7. The normalized spacial score (nSPS) is 14.6. The highest BCUT2D eigenvalue weighted by atomic mass is 32.2. The van der Waals surface area contributed by atoms with Crippen molar-refractivity contribution in [3.8, 4) is 5.69 Å². The molecule has 3 heterocycles. The van der Waals surface area contributed by atoms with Crippen molar-refractivity contribution in [2.45, 2.75) is 67.3 Å². The van der Waals surface area contributed by atoms with E-state index >= 15 is 0 Å². The third-order valence-corrected chi connectivity index (χ3v) is 7.84. The summed E-state index contributed by atoms with van der Waals surface area (Å²) in [4.78, 5) is 26.9. The average Bonchev–Trinajstić information content (AvgIpc) is 3.34. The van der Waals surface area contributed by atoms with E-state index in [1.54, 1.807) is 21.0 Å². The molecule has 1 aliphatic carbocycles. The van der Waals surface area contributed by atoms with Crippen LogP contribution in [0.5, 0.6) is 0 Å². The Bertz CT molecular complexity index is 1320. The van der Waals surface area contributed by atoms with Crippen LogP contribution in [-0.4, -0.2) is 45.5 Å². The van der Waals surface area contributed by atoms with E-state index in [0.29, 0.717) is 39.0 Å². The molecule has 4 aromatic rings. The van der Waals surface area contributed by atoms with E-state index in [1.165, 1.54) is 37.2 Å². The smallest absolute Gasteiger partial charge is 0.270 e. The summed E-state index contributed by atoms with van der Waals surface area (Å²) in [7, 11) is 0. The molecule has 1 fully saturated rings. The van der Waals surface area contributed by atoms with Crippen LogP contribution < -0.4 is 5.56 Å². The maximum Gasteiger partial charge on any atom is 0.270 e. The SMILES string of the molecule is CCCSc1nc(Sc2nnnn2-c2ccccc2)c2ncc(=O)n(CC3CCCCC3)c2n1. The summed E-state index contributed by atoms with van der Waals surface area (Å²) in [5, 5.41) is 14.1. The van der Waals surface area contributed by atoms with E-state index in [4.69, 9.17) is 9.97 Å². The molecule has 0 N–H and O–H groups in total. The maximum atomic E-state index is 12.9. The number of benzene rings is 1. The molecule has 1 aliphatic rings. The summed E-state index contributed by atoms with van der Waals surface area (Å²) in [5.41, 5.74) is 1.93. The van der Waals surface area contributed by atoms with Gasteiger partial charge in [-0.15, -0.1) is 5.10 Å². The van der Waals surface area contributed by atoms with Crippen molar-refractivity contribution in [1.82, 2.24) is 39.7 Å². The predicted octanol–water partition coefficient (Wildman–Crippen LogP) is 4.40. The third-order valence-electron chi connectivity index (χ3n) is 5.87. The van der Waals surface area contributed by atoms with Gasteiger partial charge in [0, 0.05) is 12.3 Å². The van der Waals surface area contributed by atoms with Crippen molar-refractivity contribution < 1.29 is 0 Å². The molecule has 11 heteroatoms.